The number of aliphatic hydroxyl groups excluding tert-OH is 1. The standard InChI is InChI=1S/C39H32B2N.C5H8O2.Ir/c1-26-12-10-13-27(2)38(26)40-33-18-8-9-19-34(33)41(39-28(3)14-11-15-29(39)4)36-24-31(20-21-35(36)40)32-22-23-42-37(25-32)30-16-6-5-7-17-30;1-4(6)3-5(2)7;/h5-16,18-25H,1-4H3;3,6H,1-2H3;/q-1;;. The topological polar surface area (TPSA) is 50.2 Å². The van der Waals surface area contributed by atoms with E-state index in [-0.39, 0.29) is 45.1 Å². The summed E-state index contributed by atoms with van der Waals surface area (Å²) in [5.74, 6) is -0.0625. The Hall–Kier alpha value is -4.76. The maximum Gasteiger partial charge on any atom is 0.240 e. The van der Waals surface area contributed by atoms with Crippen molar-refractivity contribution < 1.29 is 30.0 Å². The molecule has 0 saturated carbocycles. The molecule has 7 rings (SSSR count). The Morgan fingerprint density at radius 2 is 1.16 bits per heavy atom. The Bertz CT molecular complexity index is 2150. The summed E-state index contributed by atoms with van der Waals surface area (Å²) in [7, 11) is 0. The molecule has 0 aliphatic carbocycles. The minimum atomic E-state index is -0.125. The number of rotatable bonds is 5. The average Bonchev–Trinajstić information content (AvgIpc) is 3.08. The van der Waals surface area contributed by atoms with Crippen molar-refractivity contribution in [3.63, 3.8) is 0 Å². The first-order chi connectivity index (χ1) is 23.6. The van der Waals surface area contributed by atoms with Crippen LogP contribution in [-0.4, -0.2) is 29.3 Å². The quantitative estimate of drug-likeness (QED) is 0.103. The number of aliphatic hydroxyl groups is 1. The number of benzene rings is 5. The molecule has 1 aliphatic heterocycles. The number of ketones is 1. The zero-order valence-corrected chi connectivity index (χ0v) is 31.8. The van der Waals surface area contributed by atoms with E-state index in [1.54, 1.807) is 0 Å². The van der Waals surface area contributed by atoms with Crippen LogP contribution in [0.4, 0.5) is 0 Å². The number of fused-ring (bicyclic) bond motifs is 2. The van der Waals surface area contributed by atoms with Crippen molar-refractivity contribution in [3.05, 3.63) is 162 Å². The summed E-state index contributed by atoms with van der Waals surface area (Å²) in [6, 6.07) is 45.4. The number of allylic oxidation sites excluding steroid dienone is 2. The maximum absolute atomic E-state index is 10.0. The number of carbonyl (C=O) groups is 1. The molecular formula is C44H40B2IrNO2-. The largest absolute Gasteiger partial charge is 0.512 e. The van der Waals surface area contributed by atoms with Crippen molar-refractivity contribution in [3.8, 4) is 22.4 Å². The van der Waals surface area contributed by atoms with Gasteiger partial charge in [-0.2, -0.15) is 0 Å². The van der Waals surface area contributed by atoms with Crippen molar-refractivity contribution in [2.45, 2.75) is 41.5 Å². The van der Waals surface area contributed by atoms with Crippen LogP contribution in [0.5, 0.6) is 0 Å². The summed E-state index contributed by atoms with van der Waals surface area (Å²) >= 11 is 0. The maximum atomic E-state index is 10.0. The molecule has 1 N–H and O–H groups in total. The number of nitrogens with zero attached hydrogens (tertiary/aromatic N) is 1. The van der Waals surface area contributed by atoms with Crippen LogP contribution in [0.25, 0.3) is 22.4 Å². The summed E-state index contributed by atoms with van der Waals surface area (Å²) in [5.41, 5.74) is 18.1. The van der Waals surface area contributed by atoms with Crippen molar-refractivity contribution >= 4 is 52.0 Å². The normalized spacial score (nSPS) is 11.8. The number of aromatic nitrogens is 1. The molecule has 1 aromatic heterocycles. The van der Waals surface area contributed by atoms with Gasteiger partial charge in [-0.3, -0.25) is 4.79 Å². The summed E-state index contributed by atoms with van der Waals surface area (Å²) in [5, 5.41) is 8.36. The van der Waals surface area contributed by atoms with Crippen LogP contribution in [-0.2, 0) is 24.9 Å². The first-order valence-electron chi connectivity index (χ1n) is 16.8. The van der Waals surface area contributed by atoms with Gasteiger partial charge in [-0.25, -0.2) is 0 Å². The Balaban J connectivity index is 0.000000553. The minimum absolute atomic E-state index is 0. The monoisotopic (exact) mass is 829 g/mol. The van der Waals surface area contributed by atoms with Crippen molar-refractivity contribution in [2.24, 2.45) is 0 Å². The first kappa shape index (κ1) is 36.5. The zero-order chi connectivity index (χ0) is 34.7. The Labute approximate surface area is 311 Å². The Morgan fingerprint density at radius 3 is 1.66 bits per heavy atom. The fourth-order valence-electron chi connectivity index (χ4n) is 7.43. The number of hydrogen-bond donors (Lipinski definition) is 1. The van der Waals surface area contributed by atoms with E-state index in [4.69, 9.17) is 5.11 Å². The minimum Gasteiger partial charge on any atom is -0.512 e. The van der Waals surface area contributed by atoms with Gasteiger partial charge in [0.15, 0.2) is 5.78 Å². The van der Waals surface area contributed by atoms with E-state index in [2.05, 4.69) is 136 Å². The van der Waals surface area contributed by atoms with E-state index in [0.717, 1.165) is 11.3 Å². The summed E-state index contributed by atoms with van der Waals surface area (Å²) in [4.78, 5) is 14.7. The molecule has 0 saturated heterocycles. The van der Waals surface area contributed by atoms with E-state index in [9.17, 15) is 4.79 Å². The van der Waals surface area contributed by atoms with Gasteiger partial charge in [-0.1, -0.05) is 140 Å². The first-order valence-corrected chi connectivity index (χ1v) is 16.8. The van der Waals surface area contributed by atoms with Gasteiger partial charge in [0, 0.05) is 32.4 Å². The van der Waals surface area contributed by atoms with Crippen molar-refractivity contribution in [2.75, 3.05) is 0 Å². The number of aryl methyl sites for hydroxylation is 4. The summed E-state index contributed by atoms with van der Waals surface area (Å²) in [6.07, 6.45) is 3.09. The summed E-state index contributed by atoms with van der Waals surface area (Å²) in [6.45, 7) is 12.2. The van der Waals surface area contributed by atoms with E-state index < -0.39 is 0 Å². The molecule has 0 bridgehead atoms. The third-order valence-corrected chi connectivity index (χ3v) is 9.48. The van der Waals surface area contributed by atoms with Gasteiger partial charge in [0.05, 0.1) is 5.76 Å². The van der Waals surface area contributed by atoms with Crippen LogP contribution in [0.2, 0.25) is 0 Å². The number of pyridine rings is 1. The third kappa shape index (κ3) is 7.53. The van der Waals surface area contributed by atoms with E-state index in [1.807, 2.05) is 24.4 Å². The molecule has 50 heavy (non-hydrogen) atoms. The predicted molar refractivity (Wildman–Crippen MR) is 209 cm³/mol. The van der Waals surface area contributed by atoms with Crippen LogP contribution in [0.3, 0.4) is 0 Å². The van der Waals surface area contributed by atoms with Gasteiger partial charge in [0.1, 0.15) is 0 Å². The molecule has 6 heteroatoms. The van der Waals surface area contributed by atoms with Gasteiger partial charge in [0.25, 0.3) is 0 Å². The Morgan fingerprint density at radius 1 is 0.640 bits per heavy atom. The molecule has 2 heterocycles. The van der Waals surface area contributed by atoms with Crippen LogP contribution in [0, 0.1) is 33.8 Å². The fraction of sp³-hybridized carbons (Fsp3) is 0.136. The van der Waals surface area contributed by atoms with E-state index >= 15 is 0 Å². The smallest absolute Gasteiger partial charge is 0.240 e. The second-order valence-electron chi connectivity index (χ2n) is 13.1. The number of carbonyl (C=O) groups excluding carboxylic acids is 1. The molecule has 1 radical (unpaired) electrons. The second kappa shape index (κ2) is 15.8. The molecule has 0 atom stereocenters. The molecule has 0 unspecified atom stereocenters. The average molecular weight is 829 g/mol. The van der Waals surface area contributed by atoms with Gasteiger partial charge in [-0.05, 0) is 64.4 Å². The molecule has 249 valence electrons. The Kier molecular flexibility index (Phi) is 11.6. The van der Waals surface area contributed by atoms with E-state index in [1.165, 1.54) is 86.1 Å². The van der Waals surface area contributed by atoms with Gasteiger partial charge < -0.3 is 10.1 Å². The zero-order valence-electron chi connectivity index (χ0n) is 29.4. The fourth-order valence-corrected chi connectivity index (χ4v) is 7.43. The van der Waals surface area contributed by atoms with Crippen LogP contribution in [0.15, 0.2) is 133 Å². The van der Waals surface area contributed by atoms with Crippen molar-refractivity contribution in [1.29, 1.82) is 0 Å². The van der Waals surface area contributed by atoms with Crippen LogP contribution < -0.4 is 32.8 Å². The van der Waals surface area contributed by atoms with Crippen LogP contribution >= 0.6 is 0 Å². The van der Waals surface area contributed by atoms with Crippen LogP contribution in [0.1, 0.15) is 36.1 Å². The van der Waals surface area contributed by atoms with Gasteiger partial charge in [0.2, 0.25) is 13.4 Å². The summed E-state index contributed by atoms with van der Waals surface area (Å²) < 4.78 is 0. The molecule has 3 nitrogen and oxygen atoms in total. The molecule has 0 spiro atoms. The second-order valence-corrected chi connectivity index (χ2v) is 13.1. The van der Waals surface area contributed by atoms with Gasteiger partial charge >= 0.3 is 0 Å². The molecule has 0 fully saturated rings. The number of hydrogen-bond acceptors (Lipinski definition) is 3. The third-order valence-electron chi connectivity index (χ3n) is 9.48. The SMILES string of the molecule is CC(=O)C=C(C)O.Cc1cccc(C)c1B1c2ccccc2B(c2c(C)cccc2C)c2cc(-c3ccnc(-c4[c-]cccc4)c3)ccc21.[Ir]. The molecule has 6 aromatic rings. The molecule has 5 aromatic carbocycles. The molecular weight excluding hydrogens is 788 g/mol. The van der Waals surface area contributed by atoms with E-state index in [0.29, 0.717) is 0 Å². The predicted octanol–water partition coefficient (Wildman–Crippen LogP) is 5.83. The van der Waals surface area contributed by atoms with Gasteiger partial charge in [-0.15, -0.1) is 35.9 Å². The molecule has 1 aliphatic rings. The van der Waals surface area contributed by atoms with Crippen molar-refractivity contribution in [1.82, 2.24) is 4.98 Å². The molecule has 0 amide bonds.